The number of amidine groups is 1. The summed E-state index contributed by atoms with van der Waals surface area (Å²) in [5.74, 6) is 0.412. The molecule has 0 bridgehead atoms. The molecule has 0 aliphatic heterocycles. The molecule has 15 heavy (non-hydrogen) atoms. The lowest BCUT2D eigenvalue weighted by Crippen LogP contribution is -2.21. The minimum Gasteiger partial charge on any atom is -0.469 e. The van der Waals surface area contributed by atoms with Gasteiger partial charge < -0.3 is 15.7 Å². The predicted octanol–water partition coefficient (Wildman–Crippen LogP) is 0.632. The number of nitrogens with two attached hydrogens (primary N) is 1. The molecule has 1 aromatic rings. The van der Waals surface area contributed by atoms with E-state index in [1.54, 1.807) is 6.07 Å². The van der Waals surface area contributed by atoms with Crippen molar-refractivity contribution in [2.75, 3.05) is 12.9 Å². The molecule has 1 heterocycles. The van der Waals surface area contributed by atoms with Gasteiger partial charge in [0, 0.05) is 11.8 Å². The Bertz CT molecular complexity index is 370. The van der Waals surface area contributed by atoms with Crippen molar-refractivity contribution in [2.24, 2.45) is 10.9 Å². The van der Waals surface area contributed by atoms with Gasteiger partial charge in [-0.3, -0.25) is 0 Å². The molecule has 0 aromatic carbocycles. The smallest absolute Gasteiger partial charge is 0.218 e. The van der Waals surface area contributed by atoms with Gasteiger partial charge in [-0.2, -0.15) is 4.98 Å². The van der Waals surface area contributed by atoms with E-state index in [0.717, 1.165) is 5.69 Å². The number of aryl methyl sites for hydroxylation is 1. The average Bonchev–Trinajstić information content (AvgIpc) is 2.25. The van der Waals surface area contributed by atoms with Crippen LogP contribution >= 0.6 is 11.8 Å². The molecule has 0 saturated heterocycles. The van der Waals surface area contributed by atoms with E-state index in [-0.39, 0.29) is 12.4 Å². The summed E-state index contributed by atoms with van der Waals surface area (Å²) in [5, 5.41) is 11.7. The molecular weight excluding hydrogens is 216 g/mol. The molecule has 0 aliphatic rings. The average molecular weight is 228 g/mol. The number of nitrogens with zero attached hydrogens (tertiary/aromatic N) is 3. The van der Waals surface area contributed by atoms with Gasteiger partial charge in [0.05, 0.1) is 0 Å². The first-order chi connectivity index (χ1) is 7.15. The molecule has 0 radical (unpaired) electrons. The highest BCUT2D eigenvalue weighted by Gasteiger charge is 2.03. The fourth-order valence-electron chi connectivity index (χ4n) is 0.855. The summed E-state index contributed by atoms with van der Waals surface area (Å²) >= 11 is 1.42. The van der Waals surface area contributed by atoms with Crippen molar-refractivity contribution in [2.45, 2.75) is 12.1 Å². The number of oxime groups is 1. The van der Waals surface area contributed by atoms with Crippen LogP contribution in [-0.4, -0.2) is 33.9 Å². The van der Waals surface area contributed by atoms with Crippen LogP contribution < -0.4 is 10.5 Å². The number of hydrogen-bond acceptors (Lipinski definition) is 6. The van der Waals surface area contributed by atoms with Crippen LogP contribution in [0.15, 0.2) is 16.4 Å². The van der Waals surface area contributed by atoms with E-state index in [0.29, 0.717) is 11.0 Å². The Labute approximate surface area is 91.6 Å². The topological polar surface area (TPSA) is 93.6 Å². The molecule has 0 saturated carbocycles. The number of aromatic nitrogens is 2. The summed E-state index contributed by atoms with van der Waals surface area (Å²) < 4.78 is 5.20. The maximum Gasteiger partial charge on any atom is 0.218 e. The van der Waals surface area contributed by atoms with Crippen LogP contribution in [0.3, 0.4) is 0 Å². The molecule has 0 unspecified atom stereocenters. The SMILES string of the molecule is CSc1nc(C)cc(OCC(N)=NO)n1. The second-order valence-corrected chi connectivity index (χ2v) is 3.49. The minimum atomic E-state index is -0.00281. The summed E-state index contributed by atoms with van der Waals surface area (Å²) in [6.45, 7) is 1.85. The molecular formula is C8H12N4O2S. The van der Waals surface area contributed by atoms with Gasteiger partial charge in [0.25, 0.3) is 0 Å². The van der Waals surface area contributed by atoms with Crippen molar-refractivity contribution in [1.29, 1.82) is 0 Å². The van der Waals surface area contributed by atoms with Gasteiger partial charge in [-0.1, -0.05) is 16.9 Å². The quantitative estimate of drug-likeness (QED) is 0.196. The second-order valence-electron chi connectivity index (χ2n) is 2.71. The van der Waals surface area contributed by atoms with Crippen LogP contribution in [0, 0.1) is 6.92 Å². The Morgan fingerprint density at radius 2 is 2.40 bits per heavy atom. The Morgan fingerprint density at radius 1 is 1.67 bits per heavy atom. The summed E-state index contributed by atoms with van der Waals surface area (Å²) in [7, 11) is 0. The van der Waals surface area contributed by atoms with Crippen LogP contribution in [0.25, 0.3) is 0 Å². The van der Waals surface area contributed by atoms with Crippen LogP contribution in [0.2, 0.25) is 0 Å². The van der Waals surface area contributed by atoms with E-state index in [1.165, 1.54) is 11.8 Å². The zero-order valence-electron chi connectivity index (χ0n) is 8.47. The van der Waals surface area contributed by atoms with E-state index in [2.05, 4.69) is 15.1 Å². The van der Waals surface area contributed by atoms with Crippen LogP contribution in [0.4, 0.5) is 0 Å². The largest absolute Gasteiger partial charge is 0.469 e. The first kappa shape index (κ1) is 11.6. The van der Waals surface area contributed by atoms with Gasteiger partial charge >= 0.3 is 0 Å². The Balaban J connectivity index is 2.72. The molecule has 0 amide bonds. The second kappa shape index (κ2) is 5.40. The molecule has 3 N–H and O–H groups in total. The highest BCUT2D eigenvalue weighted by molar-refractivity contribution is 7.98. The molecule has 0 aliphatic carbocycles. The van der Waals surface area contributed by atoms with Gasteiger partial charge in [0.2, 0.25) is 5.88 Å². The minimum absolute atomic E-state index is 0.000768. The lowest BCUT2D eigenvalue weighted by molar-refractivity contribution is 0.303. The van der Waals surface area contributed by atoms with Crippen molar-refractivity contribution in [3.05, 3.63) is 11.8 Å². The standard InChI is InChI=1S/C8H12N4O2S/c1-5-3-7(11-8(10-5)15-2)14-4-6(9)12-13/h3,13H,4H2,1-2H3,(H2,9,12). The lowest BCUT2D eigenvalue weighted by Gasteiger charge is -2.05. The molecule has 0 atom stereocenters. The molecule has 0 spiro atoms. The first-order valence-corrected chi connectivity index (χ1v) is 5.37. The van der Waals surface area contributed by atoms with Gasteiger partial charge in [-0.05, 0) is 13.2 Å². The van der Waals surface area contributed by atoms with Crippen LogP contribution in [-0.2, 0) is 0 Å². The van der Waals surface area contributed by atoms with E-state index in [1.807, 2.05) is 13.2 Å². The maximum atomic E-state index is 8.31. The lowest BCUT2D eigenvalue weighted by atomic mass is 10.4. The first-order valence-electron chi connectivity index (χ1n) is 4.14. The van der Waals surface area contributed by atoms with Crippen molar-refractivity contribution < 1.29 is 9.94 Å². The normalized spacial score (nSPS) is 11.5. The number of rotatable bonds is 4. The van der Waals surface area contributed by atoms with Crippen molar-refractivity contribution in [3.8, 4) is 5.88 Å². The fourth-order valence-corrected chi connectivity index (χ4v) is 1.27. The van der Waals surface area contributed by atoms with Gasteiger partial charge in [-0.15, -0.1) is 0 Å². The zero-order valence-corrected chi connectivity index (χ0v) is 9.28. The van der Waals surface area contributed by atoms with Crippen LogP contribution in [0.5, 0.6) is 5.88 Å². The number of ether oxygens (including phenoxy) is 1. The molecule has 1 aromatic heterocycles. The molecule has 7 heteroatoms. The maximum absolute atomic E-state index is 8.31. The summed E-state index contributed by atoms with van der Waals surface area (Å²) in [5.41, 5.74) is 6.06. The van der Waals surface area contributed by atoms with Gasteiger partial charge in [0.15, 0.2) is 17.6 Å². The van der Waals surface area contributed by atoms with Crippen molar-refractivity contribution in [3.63, 3.8) is 0 Å². The summed E-state index contributed by atoms with van der Waals surface area (Å²) in [6.07, 6.45) is 1.88. The third-order valence-corrected chi connectivity index (χ3v) is 2.04. The number of thioether (sulfide) groups is 1. The van der Waals surface area contributed by atoms with E-state index in [9.17, 15) is 0 Å². The fraction of sp³-hybridized carbons (Fsp3) is 0.375. The summed E-state index contributed by atoms with van der Waals surface area (Å²) in [6, 6.07) is 1.68. The van der Waals surface area contributed by atoms with Crippen molar-refractivity contribution in [1.82, 2.24) is 9.97 Å². The highest BCUT2D eigenvalue weighted by atomic mass is 32.2. The monoisotopic (exact) mass is 228 g/mol. The van der Waals surface area contributed by atoms with E-state index < -0.39 is 0 Å². The number of hydrogen-bond donors (Lipinski definition) is 2. The zero-order chi connectivity index (χ0) is 11.3. The van der Waals surface area contributed by atoms with Gasteiger partial charge in [-0.25, -0.2) is 4.98 Å². The summed E-state index contributed by atoms with van der Waals surface area (Å²) in [4.78, 5) is 8.26. The Kier molecular flexibility index (Phi) is 4.17. The van der Waals surface area contributed by atoms with Crippen LogP contribution in [0.1, 0.15) is 5.69 Å². The predicted molar refractivity (Wildman–Crippen MR) is 57.5 cm³/mol. The van der Waals surface area contributed by atoms with Gasteiger partial charge in [0.1, 0.15) is 0 Å². The third-order valence-electron chi connectivity index (χ3n) is 1.49. The molecule has 1 rings (SSSR count). The molecule has 0 fully saturated rings. The van der Waals surface area contributed by atoms with Crippen molar-refractivity contribution >= 4 is 17.6 Å². The molecule has 6 nitrogen and oxygen atoms in total. The Hall–Kier alpha value is -1.50. The molecule has 82 valence electrons. The third kappa shape index (κ3) is 3.62. The van der Waals surface area contributed by atoms with E-state index >= 15 is 0 Å². The highest BCUT2D eigenvalue weighted by Crippen LogP contribution is 2.14. The van der Waals surface area contributed by atoms with E-state index in [4.69, 9.17) is 15.7 Å². The Morgan fingerprint density at radius 3 is 3.00 bits per heavy atom.